The maximum atomic E-state index is 12.9. The monoisotopic (exact) mass is 1090 g/mol. The van der Waals surface area contributed by atoms with Crippen molar-refractivity contribution >= 4 is 17.9 Å². The number of rotatable bonds is 56. The van der Waals surface area contributed by atoms with E-state index < -0.39 is 6.10 Å². The van der Waals surface area contributed by atoms with Gasteiger partial charge < -0.3 is 14.2 Å². The van der Waals surface area contributed by atoms with Crippen LogP contribution in [-0.4, -0.2) is 37.2 Å². The van der Waals surface area contributed by atoms with Gasteiger partial charge in [-0.05, 0) is 148 Å². The molecule has 0 spiro atoms. The number of hydrogen-bond acceptors (Lipinski definition) is 6. The van der Waals surface area contributed by atoms with Crippen LogP contribution in [0.3, 0.4) is 0 Å². The van der Waals surface area contributed by atoms with Crippen LogP contribution in [0.25, 0.3) is 0 Å². The Balaban J connectivity index is 4.43. The molecule has 0 bridgehead atoms. The van der Waals surface area contributed by atoms with Crippen LogP contribution in [0.4, 0.5) is 0 Å². The molecule has 79 heavy (non-hydrogen) atoms. The SMILES string of the molecule is CC/C=C\C/C=C\C/C=C\C/C=C\C/C=C\C/C=C\C/C=C\C/C=C\CCCCCCC(=O)OCC(COC(=O)CCCCC/C=C\C/C=C\C/C=C\CC)OC(=O)CCCCCCCCCCC/C=C\C/C=C\CCCCC. The van der Waals surface area contributed by atoms with Crippen LogP contribution < -0.4 is 0 Å². The third-order valence-corrected chi connectivity index (χ3v) is 13.0. The Bertz CT molecular complexity index is 1780. The lowest BCUT2D eigenvalue weighted by molar-refractivity contribution is -0.167. The Hall–Kier alpha value is -4.97. The molecule has 0 aromatic carbocycles. The second-order valence-corrected chi connectivity index (χ2v) is 20.5. The number of unbranched alkanes of at least 4 members (excludes halogenated alkanes) is 19. The lowest BCUT2D eigenvalue weighted by atomic mass is 10.1. The maximum absolute atomic E-state index is 12.9. The topological polar surface area (TPSA) is 78.9 Å². The number of carbonyl (C=O) groups is 3. The van der Waals surface area contributed by atoms with Gasteiger partial charge in [0.25, 0.3) is 0 Å². The second kappa shape index (κ2) is 65.5. The Morgan fingerprint density at radius 2 is 0.494 bits per heavy atom. The quantitative estimate of drug-likeness (QED) is 0.0261. The van der Waals surface area contributed by atoms with E-state index >= 15 is 0 Å². The van der Waals surface area contributed by atoms with Crippen molar-refractivity contribution < 1.29 is 28.6 Å². The first-order valence-electron chi connectivity index (χ1n) is 32.0. The molecule has 0 fully saturated rings. The minimum atomic E-state index is -0.812. The van der Waals surface area contributed by atoms with Crippen LogP contribution in [0.15, 0.2) is 158 Å². The molecule has 6 nitrogen and oxygen atoms in total. The highest BCUT2D eigenvalue weighted by Gasteiger charge is 2.19. The van der Waals surface area contributed by atoms with Gasteiger partial charge in [-0.3, -0.25) is 14.4 Å². The number of allylic oxidation sites excluding steroid dienone is 26. The summed E-state index contributed by atoms with van der Waals surface area (Å²) < 4.78 is 16.9. The summed E-state index contributed by atoms with van der Waals surface area (Å²) in [5, 5.41) is 0. The molecule has 0 saturated carbocycles. The van der Waals surface area contributed by atoms with E-state index in [1.165, 1.54) is 70.6 Å². The predicted octanol–water partition coefficient (Wildman–Crippen LogP) is 22.1. The third kappa shape index (κ3) is 63.7. The van der Waals surface area contributed by atoms with E-state index in [1.54, 1.807) is 0 Å². The lowest BCUT2D eigenvalue weighted by Crippen LogP contribution is -2.30. The zero-order chi connectivity index (χ0) is 57.1. The molecular formula is C73H116O6. The summed E-state index contributed by atoms with van der Waals surface area (Å²) in [5.41, 5.74) is 0. The largest absolute Gasteiger partial charge is 0.462 e. The van der Waals surface area contributed by atoms with Gasteiger partial charge in [0, 0.05) is 19.3 Å². The summed E-state index contributed by atoms with van der Waals surface area (Å²) >= 11 is 0. The van der Waals surface area contributed by atoms with Crippen molar-refractivity contribution in [3.05, 3.63) is 158 Å². The number of esters is 3. The van der Waals surface area contributed by atoms with Crippen molar-refractivity contribution in [1.82, 2.24) is 0 Å². The average Bonchev–Trinajstić information content (AvgIpc) is 3.45. The van der Waals surface area contributed by atoms with Gasteiger partial charge in [0.1, 0.15) is 13.2 Å². The van der Waals surface area contributed by atoms with E-state index in [2.05, 4.69) is 179 Å². The van der Waals surface area contributed by atoms with E-state index in [4.69, 9.17) is 14.2 Å². The average molecular weight is 1090 g/mol. The zero-order valence-corrected chi connectivity index (χ0v) is 50.8. The molecular weight excluding hydrogens is 973 g/mol. The summed E-state index contributed by atoms with van der Waals surface area (Å²) in [4.78, 5) is 38.3. The van der Waals surface area contributed by atoms with E-state index in [0.29, 0.717) is 19.3 Å². The van der Waals surface area contributed by atoms with Gasteiger partial charge in [0.15, 0.2) is 6.10 Å². The summed E-state index contributed by atoms with van der Waals surface area (Å²) in [6, 6.07) is 0. The Morgan fingerprint density at radius 3 is 0.785 bits per heavy atom. The second-order valence-electron chi connectivity index (χ2n) is 20.5. The molecule has 0 aromatic heterocycles. The van der Waals surface area contributed by atoms with Gasteiger partial charge in [-0.15, -0.1) is 0 Å². The molecule has 444 valence electrons. The molecule has 0 aliphatic rings. The van der Waals surface area contributed by atoms with E-state index in [-0.39, 0.29) is 31.1 Å². The smallest absolute Gasteiger partial charge is 0.306 e. The molecule has 0 rings (SSSR count). The molecule has 0 amide bonds. The van der Waals surface area contributed by atoms with Crippen molar-refractivity contribution in [2.24, 2.45) is 0 Å². The van der Waals surface area contributed by atoms with Crippen molar-refractivity contribution in [3.63, 3.8) is 0 Å². The van der Waals surface area contributed by atoms with E-state index in [1.807, 2.05) is 0 Å². The number of hydrogen-bond donors (Lipinski definition) is 0. The minimum absolute atomic E-state index is 0.109. The first-order chi connectivity index (χ1) is 39.0. The molecule has 0 radical (unpaired) electrons. The molecule has 1 unspecified atom stereocenters. The van der Waals surface area contributed by atoms with Gasteiger partial charge in [-0.2, -0.15) is 0 Å². The van der Waals surface area contributed by atoms with Crippen LogP contribution in [0.1, 0.15) is 265 Å². The Kier molecular flexibility index (Phi) is 61.4. The fourth-order valence-electron chi connectivity index (χ4n) is 8.27. The Morgan fingerprint density at radius 1 is 0.266 bits per heavy atom. The third-order valence-electron chi connectivity index (χ3n) is 13.0. The molecule has 0 N–H and O–H groups in total. The van der Waals surface area contributed by atoms with Crippen molar-refractivity contribution in [2.45, 2.75) is 271 Å². The van der Waals surface area contributed by atoms with Gasteiger partial charge in [0.2, 0.25) is 0 Å². The van der Waals surface area contributed by atoms with Crippen LogP contribution in [0, 0.1) is 0 Å². The summed E-state index contributed by atoms with van der Waals surface area (Å²) in [5.74, 6) is -0.968. The van der Waals surface area contributed by atoms with E-state index in [0.717, 1.165) is 154 Å². The number of carbonyl (C=O) groups excluding carboxylic acids is 3. The summed E-state index contributed by atoms with van der Waals surface area (Å²) in [6.07, 6.45) is 95.3. The highest BCUT2D eigenvalue weighted by atomic mass is 16.6. The molecule has 1 atom stereocenters. The van der Waals surface area contributed by atoms with Crippen molar-refractivity contribution in [3.8, 4) is 0 Å². The zero-order valence-electron chi connectivity index (χ0n) is 50.8. The van der Waals surface area contributed by atoms with E-state index in [9.17, 15) is 14.4 Å². The fraction of sp³-hybridized carbons (Fsp3) is 0.603. The molecule has 0 aliphatic heterocycles. The number of ether oxygens (including phenoxy) is 3. The lowest BCUT2D eigenvalue weighted by Gasteiger charge is -2.18. The van der Waals surface area contributed by atoms with Gasteiger partial charge in [-0.25, -0.2) is 0 Å². The van der Waals surface area contributed by atoms with Crippen LogP contribution >= 0.6 is 0 Å². The van der Waals surface area contributed by atoms with Crippen LogP contribution in [-0.2, 0) is 28.6 Å². The fourth-order valence-corrected chi connectivity index (χ4v) is 8.27. The Labute approximate surface area is 486 Å². The van der Waals surface area contributed by atoms with Gasteiger partial charge in [-0.1, -0.05) is 256 Å². The standard InChI is InChI=1S/C73H116O6/c1-4-7-10-13-16-19-22-25-27-29-31-32-33-34-35-36-37-38-39-40-42-43-45-48-51-54-57-60-63-66-72(75)78-69-70(68-77-71(74)65-62-59-56-53-50-47-24-21-18-15-12-9-6-3)79-73(76)67-64-61-58-55-52-49-46-44-41-30-28-26-23-20-17-14-11-8-5-2/h7,9-10,12,16-21,25-28,31-32,34-35,37-38,40,42,45,47-48,50,70H,4-6,8,11,13-15,22-24,29-30,33,36,39,41,43-44,46,49,51-69H2,1-3H3/b10-7-,12-9-,19-16-,20-17-,21-18-,27-25-,28-26-,32-31-,35-34-,38-37-,42-40-,48-45-,50-47-. The highest BCUT2D eigenvalue weighted by molar-refractivity contribution is 5.71. The molecule has 6 heteroatoms. The highest BCUT2D eigenvalue weighted by Crippen LogP contribution is 2.14. The molecule has 0 heterocycles. The van der Waals surface area contributed by atoms with Gasteiger partial charge >= 0.3 is 17.9 Å². The molecule has 0 aromatic rings. The predicted molar refractivity (Wildman–Crippen MR) is 343 cm³/mol. The van der Waals surface area contributed by atoms with Crippen LogP contribution in [0.5, 0.6) is 0 Å². The first kappa shape index (κ1) is 74.0. The van der Waals surface area contributed by atoms with Crippen LogP contribution in [0.2, 0.25) is 0 Å². The maximum Gasteiger partial charge on any atom is 0.306 e. The van der Waals surface area contributed by atoms with Crippen molar-refractivity contribution in [2.75, 3.05) is 13.2 Å². The van der Waals surface area contributed by atoms with Crippen molar-refractivity contribution in [1.29, 1.82) is 0 Å². The minimum Gasteiger partial charge on any atom is -0.462 e. The summed E-state index contributed by atoms with van der Waals surface area (Å²) in [6.45, 7) is 6.33. The summed E-state index contributed by atoms with van der Waals surface area (Å²) in [7, 11) is 0. The molecule has 0 aliphatic carbocycles. The van der Waals surface area contributed by atoms with Gasteiger partial charge in [0.05, 0.1) is 0 Å². The molecule has 0 saturated heterocycles. The first-order valence-corrected chi connectivity index (χ1v) is 32.0. The normalized spacial score (nSPS) is 13.2.